The second kappa shape index (κ2) is 4.96. The number of nitrogens with one attached hydrogen (secondary N) is 1. The molecule has 0 bridgehead atoms. The molecule has 0 aliphatic carbocycles. The van der Waals surface area contributed by atoms with Crippen LogP contribution in [0.15, 0.2) is 34.8 Å². The highest BCUT2D eigenvalue weighted by molar-refractivity contribution is 9.10. The lowest BCUT2D eigenvalue weighted by Gasteiger charge is -2.18. The van der Waals surface area contributed by atoms with Gasteiger partial charge in [-0.3, -0.25) is 0 Å². The van der Waals surface area contributed by atoms with Gasteiger partial charge in [0.2, 0.25) is 0 Å². The van der Waals surface area contributed by atoms with E-state index in [1.54, 1.807) is 0 Å². The summed E-state index contributed by atoms with van der Waals surface area (Å²) in [4.78, 5) is 0. The minimum atomic E-state index is 0.121. The minimum absolute atomic E-state index is 0.121. The molecule has 14 heavy (non-hydrogen) atoms. The van der Waals surface area contributed by atoms with Crippen molar-refractivity contribution in [2.45, 2.75) is 13.0 Å². The summed E-state index contributed by atoms with van der Waals surface area (Å²) < 4.78 is 0.989. The summed E-state index contributed by atoms with van der Waals surface area (Å²) in [6.07, 6.45) is 0. The Kier molecular flexibility index (Phi) is 4.17. The van der Waals surface area contributed by atoms with Gasteiger partial charge in [-0.15, -0.1) is 0 Å². The van der Waals surface area contributed by atoms with Gasteiger partial charge in [0.15, 0.2) is 0 Å². The number of hydrogen-bond acceptors (Lipinski definition) is 1. The molecule has 1 aromatic carbocycles. The van der Waals surface area contributed by atoms with Crippen LogP contribution in [-0.2, 0) is 0 Å². The third kappa shape index (κ3) is 2.59. The van der Waals surface area contributed by atoms with Gasteiger partial charge < -0.3 is 5.32 Å². The van der Waals surface area contributed by atoms with E-state index in [-0.39, 0.29) is 6.04 Å². The molecule has 1 rings (SSSR count). The molecular formula is C11H13BrClN. The number of likely N-dealkylation sites (N-methyl/N-ethyl adjacent to an activating group) is 1. The van der Waals surface area contributed by atoms with Gasteiger partial charge in [0.1, 0.15) is 0 Å². The fourth-order valence-electron chi connectivity index (χ4n) is 1.40. The normalized spacial score (nSPS) is 12.6. The van der Waals surface area contributed by atoms with E-state index in [9.17, 15) is 0 Å². The van der Waals surface area contributed by atoms with Gasteiger partial charge in [0.05, 0.1) is 6.04 Å². The highest BCUT2D eigenvalue weighted by atomic mass is 79.9. The second-order valence-corrected chi connectivity index (χ2v) is 4.56. The second-order valence-electron chi connectivity index (χ2n) is 3.23. The van der Waals surface area contributed by atoms with Crippen LogP contribution in [0.4, 0.5) is 0 Å². The Morgan fingerprint density at radius 3 is 2.64 bits per heavy atom. The van der Waals surface area contributed by atoms with E-state index < -0.39 is 0 Å². The van der Waals surface area contributed by atoms with Crippen molar-refractivity contribution in [3.05, 3.63) is 45.4 Å². The van der Waals surface area contributed by atoms with Gasteiger partial charge in [-0.2, -0.15) is 0 Å². The first-order valence-electron chi connectivity index (χ1n) is 4.34. The summed E-state index contributed by atoms with van der Waals surface area (Å²) in [5, 5.41) is 3.93. The Morgan fingerprint density at radius 2 is 2.21 bits per heavy atom. The molecule has 0 spiro atoms. The number of hydrogen-bond donors (Lipinski definition) is 1. The van der Waals surface area contributed by atoms with Crippen LogP contribution in [-0.4, -0.2) is 7.05 Å². The van der Waals surface area contributed by atoms with Gasteiger partial charge in [0.25, 0.3) is 0 Å². The van der Waals surface area contributed by atoms with Crippen molar-refractivity contribution in [2.75, 3.05) is 7.05 Å². The maximum atomic E-state index is 6.14. The zero-order valence-corrected chi connectivity index (χ0v) is 10.6. The first-order valence-corrected chi connectivity index (χ1v) is 5.51. The quantitative estimate of drug-likeness (QED) is 0.823. The standard InChI is InChI=1S/C11H13BrClN/c1-7(2)11(14-3)9-5-4-8(12)6-10(9)13/h4-6,11,14H,1H2,2-3H3. The molecule has 0 saturated carbocycles. The number of benzene rings is 1. The Hall–Kier alpha value is -0.310. The van der Waals surface area contributed by atoms with Crippen molar-refractivity contribution < 1.29 is 0 Å². The van der Waals surface area contributed by atoms with E-state index in [4.69, 9.17) is 11.6 Å². The van der Waals surface area contributed by atoms with E-state index in [2.05, 4.69) is 27.8 Å². The Morgan fingerprint density at radius 1 is 1.57 bits per heavy atom. The van der Waals surface area contributed by atoms with Crippen LogP contribution in [0.1, 0.15) is 18.5 Å². The van der Waals surface area contributed by atoms with Gasteiger partial charge in [0, 0.05) is 9.50 Å². The summed E-state index contributed by atoms with van der Waals surface area (Å²) >= 11 is 9.51. The zero-order valence-electron chi connectivity index (χ0n) is 8.27. The third-order valence-electron chi connectivity index (χ3n) is 2.05. The van der Waals surface area contributed by atoms with E-state index >= 15 is 0 Å². The van der Waals surface area contributed by atoms with Crippen molar-refractivity contribution in [2.24, 2.45) is 0 Å². The lowest BCUT2D eigenvalue weighted by Crippen LogP contribution is -2.17. The SMILES string of the molecule is C=C(C)C(NC)c1ccc(Br)cc1Cl. The fraction of sp³-hybridized carbons (Fsp3) is 0.273. The predicted octanol–water partition coefficient (Wildman–Crippen LogP) is 3.94. The fourth-order valence-corrected chi connectivity index (χ4v) is 2.19. The molecule has 76 valence electrons. The molecule has 0 aliphatic rings. The summed E-state index contributed by atoms with van der Waals surface area (Å²) in [5.41, 5.74) is 2.11. The summed E-state index contributed by atoms with van der Waals surface area (Å²) in [6, 6.07) is 6.00. The van der Waals surface area contributed by atoms with Crippen molar-refractivity contribution in [3.8, 4) is 0 Å². The van der Waals surface area contributed by atoms with Gasteiger partial charge in [-0.05, 0) is 31.7 Å². The molecule has 1 aromatic rings. The lowest BCUT2D eigenvalue weighted by molar-refractivity contribution is 0.680. The summed E-state index contributed by atoms with van der Waals surface area (Å²) in [6.45, 7) is 5.92. The Bertz CT molecular complexity index is 349. The molecule has 1 atom stereocenters. The van der Waals surface area contributed by atoms with Crippen LogP contribution in [0, 0.1) is 0 Å². The van der Waals surface area contributed by atoms with Crippen LogP contribution < -0.4 is 5.32 Å². The molecule has 0 heterocycles. The topological polar surface area (TPSA) is 12.0 Å². The first-order chi connectivity index (χ1) is 6.56. The molecule has 0 saturated heterocycles. The van der Waals surface area contributed by atoms with Crippen molar-refractivity contribution >= 4 is 27.5 Å². The largest absolute Gasteiger partial charge is 0.310 e. The number of halogens is 2. The van der Waals surface area contributed by atoms with Gasteiger partial charge in [-0.25, -0.2) is 0 Å². The van der Waals surface area contributed by atoms with E-state index in [0.717, 1.165) is 20.6 Å². The van der Waals surface area contributed by atoms with Crippen molar-refractivity contribution in [1.29, 1.82) is 0 Å². The molecule has 1 nitrogen and oxygen atoms in total. The predicted molar refractivity (Wildman–Crippen MR) is 65.8 cm³/mol. The summed E-state index contributed by atoms with van der Waals surface area (Å²) in [5.74, 6) is 0. The first kappa shape index (κ1) is 11.8. The molecule has 1 N–H and O–H groups in total. The van der Waals surface area contributed by atoms with Crippen molar-refractivity contribution in [3.63, 3.8) is 0 Å². The molecular weight excluding hydrogens is 261 g/mol. The van der Waals surface area contributed by atoms with Gasteiger partial charge >= 0.3 is 0 Å². The maximum absolute atomic E-state index is 6.14. The molecule has 0 aliphatic heterocycles. The molecule has 1 unspecified atom stereocenters. The van der Waals surface area contributed by atoms with E-state index in [0.29, 0.717) is 0 Å². The van der Waals surface area contributed by atoms with Crippen LogP contribution in [0.3, 0.4) is 0 Å². The maximum Gasteiger partial charge on any atom is 0.0543 e. The van der Waals surface area contributed by atoms with Crippen LogP contribution in [0.5, 0.6) is 0 Å². The van der Waals surface area contributed by atoms with Crippen LogP contribution >= 0.6 is 27.5 Å². The van der Waals surface area contributed by atoms with E-state index in [1.165, 1.54) is 0 Å². The monoisotopic (exact) mass is 273 g/mol. The Labute approximate surface area is 98.3 Å². The lowest BCUT2D eigenvalue weighted by atomic mass is 10.0. The Balaban J connectivity index is 3.10. The summed E-state index contributed by atoms with van der Waals surface area (Å²) in [7, 11) is 1.90. The van der Waals surface area contributed by atoms with Crippen molar-refractivity contribution in [1.82, 2.24) is 5.32 Å². The van der Waals surface area contributed by atoms with E-state index in [1.807, 2.05) is 32.2 Å². The molecule has 0 aromatic heterocycles. The molecule has 3 heteroatoms. The minimum Gasteiger partial charge on any atom is -0.310 e. The van der Waals surface area contributed by atoms with Gasteiger partial charge in [-0.1, -0.05) is 45.7 Å². The molecule has 0 fully saturated rings. The zero-order chi connectivity index (χ0) is 10.7. The highest BCUT2D eigenvalue weighted by Crippen LogP contribution is 2.29. The smallest absolute Gasteiger partial charge is 0.0543 e. The molecule has 0 amide bonds. The average molecular weight is 275 g/mol. The average Bonchev–Trinajstić information content (AvgIpc) is 2.09. The van der Waals surface area contributed by atoms with Crippen LogP contribution in [0.25, 0.3) is 0 Å². The van der Waals surface area contributed by atoms with Crippen LogP contribution in [0.2, 0.25) is 5.02 Å². The molecule has 0 radical (unpaired) electrons. The number of rotatable bonds is 3. The third-order valence-corrected chi connectivity index (χ3v) is 2.88. The highest BCUT2D eigenvalue weighted by Gasteiger charge is 2.12.